The van der Waals surface area contributed by atoms with E-state index in [-0.39, 0.29) is 17.4 Å². The Hall–Kier alpha value is -3.43. The fourth-order valence-corrected chi connectivity index (χ4v) is 4.15. The number of carbonyl (C=O) groups is 2. The van der Waals surface area contributed by atoms with Crippen LogP contribution >= 0.6 is 23.1 Å². The van der Waals surface area contributed by atoms with Gasteiger partial charge < -0.3 is 0 Å². The maximum absolute atomic E-state index is 12.3. The molecule has 0 aliphatic carbocycles. The number of amides is 2. The molecule has 2 amide bonds. The summed E-state index contributed by atoms with van der Waals surface area (Å²) in [5, 5.41) is 6.68. The Labute approximate surface area is 187 Å². The molecule has 2 N–H and O–H groups in total. The molecule has 0 bridgehead atoms. The summed E-state index contributed by atoms with van der Waals surface area (Å²) in [6.45, 7) is 2.01. The van der Waals surface area contributed by atoms with Gasteiger partial charge in [-0.05, 0) is 31.2 Å². The summed E-state index contributed by atoms with van der Waals surface area (Å²) in [5.41, 5.74) is 7.99. The van der Waals surface area contributed by atoms with Gasteiger partial charge in [0.05, 0.1) is 17.6 Å². The molecule has 31 heavy (non-hydrogen) atoms. The lowest BCUT2D eigenvalue weighted by Crippen LogP contribution is -2.42. The van der Waals surface area contributed by atoms with Crippen LogP contribution in [-0.2, 0) is 4.79 Å². The minimum Gasteiger partial charge on any atom is -0.272 e. The van der Waals surface area contributed by atoms with Crippen molar-refractivity contribution in [2.24, 2.45) is 0 Å². The van der Waals surface area contributed by atoms with Crippen molar-refractivity contribution in [3.63, 3.8) is 0 Å². The maximum Gasteiger partial charge on any atom is 0.289 e. The summed E-state index contributed by atoms with van der Waals surface area (Å²) in [4.78, 5) is 29.7. The third-order valence-corrected chi connectivity index (χ3v) is 6.20. The number of hydrazine groups is 1. The molecule has 2 heterocycles. The van der Waals surface area contributed by atoms with Gasteiger partial charge in [-0.1, -0.05) is 35.9 Å². The number of nitrogens with zero attached hydrogens (tertiary/aromatic N) is 3. The van der Waals surface area contributed by atoms with E-state index >= 15 is 0 Å². The van der Waals surface area contributed by atoms with Crippen molar-refractivity contribution in [2.45, 2.75) is 11.8 Å². The Balaban J connectivity index is 1.30. The lowest BCUT2D eigenvalue weighted by molar-refractivity contribution is -0.119. The molecule has 0 unspecified atom stereocenters. The Morgan fingerprint density at radius 1 is 1.06 bits per heavy atom. The van der Waals surface area contributed by atoms with Gasteiger partial charge in [0.15, 0.2) is 0 Å². The van der Waals surface area contributed by atoms with Gasteiger partial charge in [0, 0.05) is 22.0 Å². The lowest BCUT2D eigenvalue weighted by atomic mass is 10.2. The Bertz CT molecular complexity index is 1190. The zero-order chi connectivity index (χ0) is 21.6. The molecular weight excluding hydrogens is 430 g/mol. The van der Waals surface area contributed by atoms with Gasteiger partial charge in [0.1, 0.15) is 10.7 Å². The predicted molar refractivity (Wildman–Crippen MR) is 122 cm³/mol. The van der Waals surface area contributed by atoms with Gasteiger partial charge in [0.25, 0.3) is 5.91 Å². The normalized spacial score (nSPS) is 10.6. The molecule has 0 aliphatic heterocycles. The number of nitrogens with one attached hydrogen (secondary N) is 2. The van der Waals surface area contributed by atoms with Crippen molar-refractivity contribution in [1.82, 2.24) is 25.6 Å². The molecule has 7 nitrogen and oxygen atoms in total. The lowest BCUT2D eigenvalue weighted by Gasteiger charge is -2.06. The SMILES string of the molecule is Cc1ccc(SCC(=O)NNC(=O)c2csc(-c3cnn(-c4ccccc4)c3)n2)cc1. The smallest absolute Gasteiger partial charge is 0.272 e. The Kier molecular flexibility index (Phi) is 6.44. The van der Waals surface area contributed by atoms with Gasteiger partial charge in [-0.3, -0.25) is 20.4 Å². The summed E-state index contributed by atoms with van der Waals surface area (Å²) < 4.78 is 1.75. The quantitative estimate of drug-likeness (QED) is 0.345. The highest BCUT2D eigenvalue weighted by Crippen LogP contribution is 2.24. The molecule has 0 radical (unpaired) electrons. The van der Waals surface area contributed by atoms with E-state index < -0.39 is 5.91 Å². The first-order valence-corrected chi connectivity index (χ1v) is 11.3. The molecule has 0 aliphatic rings. The molecule has 0 saturated heterocycles. The number of thioether (sulfide) groups is 1. The number of aromatic nitrogens is 3. The number of carbonyl (C=O) groups excluding carboxylic acids is 2. The largest absolute Gasteiger partial charge is 0.289 e. The predicted octanol–water partition coefficient (Wildman–Crippen LogP) is 3.86. The molecule has 156 valence electrons. The molecule has 4 aromatic rings. The van der Waals surface area contributed by atoms with E-state index in [1.807, 2.05) is 67.7 Å². The third kappa shape index (κ3) is 5.39. The minimum absolute atomic E-state index is 0.199. The Morgan fingerprint density at radius 2 is 1.84 bits per heavy atom. The number of rotatable bonds is 6. The topological polar surface area (TPSA) is 88.9 Å². The van der Waals surface area contributed by atoms with E-state index in [0.717, 1.165) is 21.7 Å². The van der Waals surface area contributed by atoms with E-state index in [1.54, 1.807) is 16.3 Å². The molecule has 2 aromatic carbocycles. The summed E-state index contributed by atoms with van der Waals surface area (Å²) in [7, 11) is 0. The monoisotopic (exact) mass is 449 g/mol. The van der Waals surface area contributed by atoms with Crippen molar-refractivity contribution in [3.05, 3.63) is 83.6 Å². The molecule has 4 rings (SSSR count). The highest BCUT2D eigenvalue weighted by atomic mass is 32.2. The first-order chi connectivity index (χ1) is 15.1. The number of benzene rings is 2. The van der Waals surface area contributed by atoms with Gasteiger partial charge in [-0.15, -0.1) is 23.1 Å². The first kappa shape index (κ1) is 20.8. The van der Waals surface area contributed by atoms with Crippen LogP contribution < -0.4 is 10.9 Å². The molecule has 2 aromatic heterocycles. The number of aryl methyl sites for hydroxylation is 1. The standard InChI is InChI=1S/C22H19N5O2S2/c1-15-7-9-18(10-8-15)30-14-20(28)25-26-21(29)19-13-31-22(24-19)16-11-23-27(12-16)17-5-3-2-4-6-17/h2-13H,14H2,1H3,(H,25,28)(H,26,29). The summed E-state index contributed by atoms with van der Waals surface area (Å²) in [5.74, 6) is -0.560. The molecule has 0 saturated carbocycles. The van der Waals surface area contributed by atoms with Gasteiger partial charge in [-0.2, -0.15) is 5.10 Å². The molecule has 0 atom stereocenters. The maximum atomic E-state index is 12.3. The molecule has 0 spiro atoms. The van der Waals surface area contributed by atoms with Crippen LogP contribution in [0.2, 0.25) is 0 Å². The summed E-state index contributed by atoms with van der Waals surface area (Å²) >= 11 is 2.74. The van der Waals surface area contributed by atoms with E-state index in [9.17, 15) is 9.59 Å². The molecule has 0 fully saturated rings. The van der Waals surface area contributed by atoms with E-state index in [2.05, 4.69) is 20.9 Å². The first-order valence-electron chi connectivity index (χ1n) is 9.43. The second-order valence-electron chi connectivity index (χ2n) is 6.65. The fraction of sp³-hybridized carbons (Fsp3) is 0.0909. The number of hydrogen-bond acceptors (Lipinski definition) is 6. The van der Waals surface area contributed by atoms with Crippen molar-refractivity contribution in [2.75, 3.05) is 5.75 Å². The van der Waals surface area contributed by atoms with Crippen LogP contribution in [0.1, 0.15) is 16.1 Å². The van der Waals surface area contributed by atoms with E-state index in [1.165, 1.54) is 23.1 Å². The highest BCUT2D eigenvalue weighted by molar-refractivity contribution is 8.00. The van der Waals surface area contributed by atoms with Gasteiger partial charge in [-0.25, -0.2) is 9.67 Å². The van der Waals surface area contributed by atoms with E-state index in [0.29, 0.717) is 5.01 Å². The average molecular weight is 450 g/mol. The Morgan fingerprint density at radius 3 is 2.61 bits per heavy atom. The summed E-state index contributed by atoms with van der Waals surface area (Å²) in [6, 6.07) is 17.6. The van der Waals surface area contributed by atoms with Crippen LogP contribution in [0, 0.1) is 6.92 Å². The minimum atomic E-state index is -0.466. The highest BCUT2D eigenvalue weighted by Gasteiger charge is 2.14. The molecule has 9 heteroatoms. The summed E-state index contributed by atoms with van der Waals surface area (Å²) in [6.07, 6.45) is 3.57. The number of hydrogen-bond donors (Lipinski definition) is 2. The van der Waals surface area contributed by atoms with E-state index in [4.69, 9.17) is 0 Å². The number of para-hydroxylation sites is 1. The zero-order valence-corrected chi connectivity index (χ0v) is 18.2. The van der Waals surface area contributed by atoms with Crippen molar-refractivity contribution >= 4 is 34.9 Å². The third-order valence-electron chi connectivity index (χ3n) is 4.29. The number of thiazole rings is 1. The zero-order valence-electron chi connectivity index (χ0n) is 16.6. The van der Waals surface area contributed by atoms with Crippen LogP contribution in [0.4, 0.5) is 0 Å². The van der Waals surface area contributed by atoms with Crippen LogP contribution in [-0.4, -0.2) is 32.3 Å². The van der Waals surface area contributed by atoms with Crippen LogP contribution in [0.15, 0.2) is 77.3 Å². The van der Waals surface area contributed by atoms with Crippen molar-refractivity contribution in [1.29, 1.82) is 0 Å². The van der Waals surface area contributed by atoms with Crippen LogP contribution in [0.5, 0.6) is 0 Å². The van der Waals surface area contributed by atoms with Gasteiger partial charge >= 0.3 is 0 Å². The average Bonchev–Trinajstić information content (AvgIpc) is 3.47. The molecular formula is C22H19N5O2S2. The second-order valence-corrected chi connectivity index (χ2v) is 8.56. The van der Waals surface area contributed by atoms with Gasteiger partial charge in [0.2, 0.25) is 5.91 Å². The second kappa shape index (κ2) is 9.59. The van der Waals surface area contributed by atoms with Crippen molar-refractivity contribution in [3.8, 4) is 16.3 Å². The van der Waals surface area contributed by atoms with Crippen LogP contribution in [0.3, 0.4) is 0 Å². The van der Waals surface area contributed by atoms with Crippen LogP contribution in [0.25, 0.3) is 16.3 Å². The van der Waals surface area contributed by atoms with Crippen molar-refractivity contribution < 1.29 is 9.59 Å². The fourth-order valence-electron chi connectivity index (χ4n) is 2.68.